The van der Waals surface area contributed by atoms with E-state index in [9.17, 15) is 29.6 Å². The molecule has 38 heavy (non-hydrogen) atoms. The normalized spacial score (nSPS) is 20.1. The van der Waals surface area contributed by atoms with Crippen molar-refractivity contribution in [2.24, 2.45) is 11.8 Å². The van der Waals surface area contributed by atoms with Crippen molar-refractivity contribution in [2.75, 3.05) is 26.2 Å². The standard InChI is InChI=1S/C28H34N4O6/c33-24(19-22-13-17-30(27(22)35)15-11-20-7-3-1-4-8-20)32(38)25(26(34)29-37)23-14-18-31(28(23)36)16-12-21-9-5-2-6-10-21/h1-10,22-23,25,37-38H,11-19H2,(H,29,34). The summed E-state index contributed by atoms with van der Waals surface area (Å²) in [7, 11) is 0. The fraction of sp³-hybridized carbons (Fsp3) is 0.429. The maximum absolute atomic E-state index is 13.1. The summed E-state index contributed by atoms with van der Waals surface area (Å²) in [5.41, 5.74) is 3.64. The van der Waals surface area contributed by atoms with E-state index >= 15 is 0 Å². The summed E-state index contributed by atoms with van der Waals surface area (Å²) in [6.45, 7) is 1.83. The molecule has 0 radical (unpaired) electrons. The molecule has 0 aromatic heterocycles. The average molecular weight is 523 g/mol. The zero-order valence-corrected chi connectivity index (χ0v) is 21.2. The molecule has 3 atom stereocenters. The summed E-state index contributed by atoms with van der Waals surface area (Å²) in [6.07, 6.45) is 1.74. The number of likely N-dealkylation sites (tertiary alicyclic amines) is 2. The number of nitrogens with zero attached hydrogens (tertiary/aromatic N) is 3. The smallest absolute Gasteiger partial charge is 0.269 e. The van der Waals surface area contributed by atoms with Crippen LogP contribution in [0.5, 0.6) is 0 Å². The van der Waals surface area contributed by atoms with E-state index in [1.165, 1.54) is 5.48 Å². The van der Waals surface area contributed by atoms with Crippen molar-refractivity contribution >= 4 is 23.6 Å². The van der Waals surface area contributed by atoms with Crippen LogP contribution in [0.15, 0.2) is 60.7 Å². The van der Waals surface area contributed by atoms with Crippen LogP contribution in [0.1, 0.15) is 30.4 Å². The van der Waals surface area contributed by atoms with Crippen LogP contribution in [0.4, 0.5) is 0 Å². The molecule has 2 aromatic carbocycles. The first-order valence-corrected chi connectivity index (χ1v) is 13.0. The molecule has 2 fully saturated rings. The minimum absolute atomic E-state index is 0.171. The minimum atomic E-state index is -1.59. The third kappa shape index (κ3) is 6.38. The highest BCUT2D eigenvalue weighted by atomic mass is 16.5. The van der Waals surface area contributed by atoms with E-state index in [4.69, 9.17) is 0 Å². The van der Waals surface area contributed by atoms with Gasteiger partial charge in [0.05, 0.1) is 5.92 Å². The highest BCUT2D eigenvalue weighted by Gasteiger charge is 2.46. The van der Waals surface area contributed by atoms with Gasteiger partial charge in [0.1, 0.15) is 0 Å². The first kappa shape index (κ1) is 27.3. The minimum Gasteiger partial charge on any atom is -0.342 e. The Morgan fingerprint density at radius 2 is 1.39 bits per heavy atom. The summed E-state index contributed by atoms with van der Waals surface area (Å²) < 4.78 is 0. The van der Waals surface area contributed by atoms with Gasteiger partial charge in [-0.3, -0.25) is 29.6 Å². The predicted molar refractivity (Wildman–Crippen MR) is 137 cm³/mol. The third-order valence-electron chi connectivity index (χ3n) is 7.47. The van der Waals surface area contributed by atoms with E-state index in [2.05, 4.69) is 0 Å². The van der Waals surface area contributed by atoms with Gasteiger partial charge in [-0.05, 0) is 36.8 Å². The van der Waals surface area contributed by atoms with Crippen LogP contribution in [0.25, 0.3) is 0 Å². The van der Waals surface area contributed by atoms with Crippen LogP contribution in [0.3, 0.4) is 0 Å². The highest BCUT2D eigenvalue weighted by molar-refractivity contribution is 5.94. The Morgan fingerprint density at radius 1 is 0.868 bits per heavy atom. The Bertz CT molecular complexity index is 1130. The van der Waals surface area contributed by atoms with Gasteiger partial charge in [0.15, 0.2) is 6.04 Å². The number of amides is 4. The van der Waals surface area contributed by atoms with Gasteiger partial charge >= 0.3 is 0 Å². The van der Waals surface area contributed by atoms with Gasteiger partial charge in [-0.25, -0.2) is 10.5 Å². The summed E-state index contributed by atoms with van der Waals surface area (Å²) in [4.78, 5) is 54.7. The lowest BCUT2D eigenvalue weighted by molar-refractivity contribution is -0.189. The fourth-order valence-corrected chi connectivity index (χ4v) is 5.30. The Hall–Kier alpha value is -3.76. The second kappa shape index (κ2) is 12.7. The van der Waals surface area contributed by atoms with Gasteiger partial charge in [0.2, 0.25) is 17.7 Å². The Kier molecular flexibility index (Phi) is 9.09. The van der Waals surface area contributed by atoms with Crippen LogP contribution in [-0.2, 0) is 32.0 Å². The quantitative estimate of drug-likeness (QED) is 0.304. The molecule has 4 amide bonds. The monoisotopic (exact) mass is 522 g/mol. The van der Waals surface area contributed by atoms with Crippen molar-refractivity contribution < 1.29 is 29.6 Å². The van der Waals surface area contributed by atoms with Crippen molar-refractivity contribution in [2.45, 2.75) is 38.1 Å². The highest BCUT2D eigenvalue weighted by Crippen LogP contribution is 2.27. The molecule has 2 saturated heterocycles. The summed E-state index contributed by atoms with van der Waals surface area (Å²) >= 11 is 0. The Balaban J connectivity index is 1.34. The largest absolute Gasteiger partial charge is 0.342 e. The van der Waals surface area contributed by atoms with E-state index < -0.39 is 29.7 Å². The molecule has 0 spiro atoms. The van der Waals surface area contributed by atoms with Crippen molar-refractivity contribution in [3.05, 3.63) is 71.8 Å². The van der Waals surface area contributed by atoms with E-state index in [0.717, 1.165) is 11.1 Å². The van der Waals surface area contributed by atoms with Gasteiger partial charge in [-0.1, -0.05) is 60.7 Å². The van der Waals surface area contributed by atoms with Crippen LogP contribution in [0, 0.1) is 11.8 Å². The lowest BCUT2D eigenvalue weighted by atomic mass is 9.96. The molecule has 4 rings (SSSR count). The topological polar surface area (TPSA) is 130 Å². The molecule has 0 saturated carbocycles. The molecular weight excluding hydrogens is 488 g/mol. The number of hydroxylamine groups is 3. The van der Waals surface area contributed by atoms with Gasteiger partial charge in [0.25, 0.3) is 5.91 Å². The predicted octanol–water partition coefficient (Wildman–Crippen LogP) is 1.65. The van der Waals surface area contributed by atoms with Gasteiger partial charge in [-0.2, -0.15) is 0 Å². The van der Waals surface area contributed by atoms with Gasteiger partial charge in [-0.15, -0.1) is 0 Å². The number of hydrogen-bond acceptors (Lipinski definition) is 6. The zero-order valence-electron chi connectivity index (χ0n) is 21.2. The van der Waals surface area contributed by atoms with Crippen molar-refractivity contribution in [3.63, 3.8) is 0 Å². The number of carbonyl (C=O) groups excluding carboxylic acids is 4. The molecule has 2 aromatic rings. The fourth-order valence-electron chi connectivity index (χ4n) is 5.30. The number of benzene rings is 2. The van der Waals surface area contributed by atoms with Crippen LogP contribution < -0.4 is 5.48 Å². The molecule has 10 nitrogen and oxygen atoms in total. The van der Waals surface area contributed by atoms with Gasteiger partial charge in [0, 0.05) is 38.5 Å². The number of carbonyl (C=O) groups is 4. The molecule has 202 valence electrons. The van der Waals surface area contributed by atoms with E-state index in [0.29, 0.717) is 45.4 Å². The third-order valence-corrected chi connectivity index (χ3v) is 7.47. The number of rotatable bonds is 11. The lowest BCUT2D eigenvalue weighted by Gasteiger charge is -2.28. The second-order valence-electron chi connectivity index (χ2n) is 9.87. The molecule has 0 bridgehead atoms. The lowest BCUT2D eigenvalue weighted by Crippen LogP contribution is -2.53. The van der Waals surface area contributed by atoms with Crippen LogP contribution >= 0.6 is 0 Å². The van der Waals surface area contributed by atoms with E-state index in [1.807, 2.05) is 60.7 Å². The molecule has 10 heteroatoms. The van der Waals surface area contributed by atoms with Crippen molar-refractivity contribution in [1.29, 1.82) is 0 Å². The Labute approximate surface area is 221 Å². The molecule has 3 unspecified atom stereocenters. The average Bonchev–Trinajstić information content (AvgIpc) is 3.48. The van der Waals surface area contributed by atoms with E-state index in [-0.39, 0.29) is 29.7 Å². The maximum atomic E-state index is 13.1. The van der Waals surface area contributed by atoms with Crippen LogP contribution in [0.2, 0.25) is 0 Å². The van der Waals surface area contributed by atoms with E-state index in [1.54, 1.807) is 9.80 Å². The number of hydrogen-bond donors (Lipinski definition) is 3. The summed E-state index contributed by atoms with van der Waals surface area (Å²) in [5.74, 6) is -4.05. The summed E-state index contributed by atoms with van der Waals surface area (Å²) in [5, 5.41) is 20.2. The molecular formula is C28H34N4O6. The van der Waals surface area contributed by atoms with Crippen LogP contribution in [-0.4, -0.2) is 81.1 Å². The van der Waals surface area contributed by atoms with Crippen molar-refractivity contribution in [1.82, 2.24) is 20.3 Å². The first-order valence-electron chi connectivity index (χ1n) is 13.0. The molecule has 2 aliphatic heterocycles. The second-order valence-corrected chi connectivity index (χ2v) is 9.87. The summed E-state index contributed by atoms with van der Waals surface area (Å²) in [6, 6.07) is 17.9. The number of nitrogens with one attached hydrogen (secondary N) is 1. The molecule has 3 N–H and O–H groups in total. The zero-order chi connectivity index (χ0) is 27.1. The molecule has 2 aliphatic rings. The van der Waals surface area contributed by atoms with Gasteiger partial charge < -0.3 is 9.80 Å². The maximum Gasteiger partial charge on any atom is 0.269 e. The van der Waals surface area contributed by atoms with Crippen molar-refractivity contribution in [3.8, 4) is 0 Å². The SMILES string of the molecule is O=C(NO)C(C1CCN(CCc2ccccc2)C1=O)N(O)C(=O)CC1CCN(CCc2ccccc2)C1=O. The first-order chi connectivity index (χ1) is 18.4. The molecule has 0 aliphatic carbocycles. The molecule has 2 heterocycles. The Morgan fingerprint density at radius 3 is 1.95 bits per heavy atom.